The molecule has 5 nitrogen and oxygen atoms in total. The van der Waals surface area contributed by atoms with Crippen LogP contribution in [0.3, 0.4) is 0 Å². The van der Waals surface area contributed by atoms with Crippen molar-refractivity contribution < 1.29 is 9.59 Å². The van der Waals surface area contributed by atoms with Gasteiger partial charge in [0, 0.05) is 17.1 Å². The van der Waals surface area contributed by atoms with Crippen molar-refractivity contribution >= 4 is 44.9 Å². The maximum absolute atomic E-state index is 12.2. The van der Waals surface area contributed by atoms with E-state index in [-0.39, 0.29) is 6.54 Å². The van der Waals surface area contributed by atoms with Gasteiger partial charge in [-0.15, -0.1) is 0 Å². The molecule has 2 heterocycles. The van der Waals surface area contributed by atoms with E-state index in [1.165, 1.54) is 4.90 Å². The molecule has 0 spiro atoms. The zero-order chi connectivity index (χ0) is 15.3. The molecular formula is C14H11BrClN3O2. The highest BCUT2D eigenvalue weighted by atomic mass is 79.9. The molecule has 1 aromatic carbocycles. The van der Waals surface area contributed by atoms with Crippen molar-refractivity contribution in [2.24, 2.45) is 7.05 Å². The van der Waals surface area contributed by atoms with Gasteiger partial charge in [-0.25, -0.2) is 0 Å². The Morgan fingerprint density at radius 3 is 2.67 bits per heavy atom. The predicted octanol–water partition coefficient (Wildman–Crippen LogP) is 2.87. The third-order valence-electron chi connectivity index (χ3n) is 3.52. The summed E-state index contributed by atoms with van der Waals surface area (Å²) >= 11 is 9.51. The summed E-state index contributed by atoms with van der Waals surface area (Å²) in [5, 5.41) is 4.69. The highest BCUT2D eigenvalue weighted by Crippen LogP contribution is 2.33. The van der Waals surface area contributed by atoms with Crippen LogP contribution in [0.25, 0.3) is 0 Å². The molecule has 21 heavy (non-hydrogen) atoms. The van der Waals surface area contributed by atoms with Crippen molar-refractivity contribution in [1.29, 1.82) is 0 Å². The number of aromatic nitrogens is 2. The van der Waals surface area contributed by atoms with Crippen LogP contribution in [-0.2, 0) is 18.4 Å². The summed E-state index contributed by atoms with van der Waals surface area (Å²) < 4.78 is 2.32. The molecule has 0 saturated carbocycles. The van der Waals surface area contributed by atoms with Crippen LogP contribution < -0.4 is 4.90 Å². The minimum Gasteiger partial charge on any atom is -0.300 e. The molecule has 1 aromatic heterocycles. The minimum atomic E-state index is -0.539. The van der Waals surface area contributed by atoms with Gasteiger partial charge in [-0.2, -0.15) is 5.10 Å². The Labute approximate surface area is 134 Å². The number of carbonyl (C=O) groups is 2. The van der Waals surface area contributed by atoms with Gasteiger partial charge in [-0.05, 0) is 25.1 Å². The number of carbonyl (C=O) groups excluding carboxylic acids is 2. The number of aryl methyl sites for hydroxylation is 2. The Kier molecular flexibility index (Phi) is 3.37. The van der Waals surface area contributed by atoms with Gasteiger partial charge in [0.2, 0.25) is 0 Å². The van der Waals surface area contributed by atoms with Gasteiger partial charge in [0.1, 0.15) is 5.15 Å². The van der Waals surface area contributed by atoms with E-state index in [1.54, 1.807) is 29.9 Å². The predicted molar refractivity (Wildman–Crippen MR) is 82.6 cm³/mol. The summed E-state index contributed by atoms with van der Waals surface area (Å²) in [6.45, 7) is 2.06. The van der Waals surface area contributed by atoms with Gasteiger partial charge in [0.05, 0.1) is 23.5 Å². The first kappa shape index (κ1) is 14.3. The first-order valence-electron chi connectivity index (χ1n) is 6.24. The summed E-state index contributed by atoms with van der Waals surface area (Å²) in [7, 11) is 1.74. The molecule has 0 saturated heterocycles. The number of nitrogens with zero attached hydrogens (tertiary/aromatic N) is 3. The molecular weight excluding hydrogens is 358 g/mol. The molecule has 108 valence electrons. The summed E-state index contributed by atoms with van der Waals surface area (Å²) in [5.74, 6) is -1.04. The molecule has 0 radical (unpaired) electrons. The summed E-state index contributed by atoms with van der Waals surface area (Å²) in [6, 6.07) is 5.21. The SMILES string of the molecule is Cc1nn(C)c(Cl)c1CN1C(=O)C(=O)c2cc(Br)ccc21. The number of fused-ring (bicyclic) bond motifs is 1. The third-order valence-corrected chi connectivity index (χ3v) is 4.49. The van der Waals surface area contributed by atoms with Crippen LogP contribution in [0.5, 0.6) is 0 Å². The lowest BCUT2D eigenvalue weighted by Gasteiger charge is -2.16. The summed E-state index contributed by atoms with van der Waals surface area (Å²) in [4.78, 5) is 25.7. The van der Waals surface area contributed by atoms with E-state index in [1.807, 2.05) is 6.92 Å². The second-order valence-corrected chi connectivity index (χ2v) is 6.13. The van der Waals surface area contributed by atoms with E-state index < -0.39 is 11.7 Å². The monoisotopic (exact) mass is 367 g/mol. The molecule has 0 unspecified atom stereocenters. The fourth-order valence-corrected chi connectivity index (χ4v) is 3.04. The molecule has 0 fully saturated rings. The zero-order valence-electron chi connectivity index (χ0n) is 11.4. The van der Waals surface area contributed by atoms with Crippen molar-refractivity contribution in [3.63, 3.8) is 0 Å². The number of benzene rings is 1. The third kappa shape index (κ3) is 2.18. The molecule has 1 aliphatic rings. The summed E-state index contributed by atoms with van der Waals surface area (Å²) in [6.07, 6.45) is 0. The molecule has 2 aromatic rings. The highest BCUT2D eigenvalue weighted by molar-refractivity contribution is 9.10. The second-order valence-electron chi connectivity index (χ2n) is 4.86. The largest absolute Gasteiger partial charge is 0.300 e. The van der Waals surface area contributed by atoms with Crippen molar-refractivity contribution in [3.8, 4) is 0 Å². The molecule has 0 N–H and O–H groups in total. The Bertz CT molecular complexity index is 785. The van der Waals surface area contributed by atoms with Gasteiger partial charge < -0.3 is 4.90 Å². The fourth-order valence-electron chi connectivity index (χ4n) is 2.44. The summed E-state index contributed by atoms with van der Waals surface area (Å²) in [5.41, 5.74) is 2.50. The van der Waals surface area contributed by atoms with Crippen LogP contribution in [-0.4, -0.2) is 21.5 Å². The molecule has 1 amide bonds. The Hall–Kier alpha value is -1.66. The normalized spacial score (nSPS) is 14.0. The number of halogens is 2. The number of amides is 1. The Morgan fingerprint density at radius 2 is 2.05 bits per heavy atom. The Morgan fingerprint density at radius 1 is 1.33 bits per heavy atom. The van der Waals surface area contributed by atoms with Crippen molar-refractivity contribution in [2.45, 2.75) is 13.5 Å². The van der Waals surface area contributed by atoms with Crippen molar-refractivity contribution in [2.75, 3.05) is 4.90 Å². The van der Waals surface area contributed by atoms with E-state index in [0.717, 1.165) is 15.7 Å². The molecule has 0 atom stereocenters. The lowest BCUT2D eigenvalue weighted by Crippen LogP contribution is -2.29. The van der Waals surface area contributed by atoms with E-state index >= 15 is 0 Å². The number of hydrogen-bond acceptors (Lipinski definition) is 3. The molecule has 0 bridgehead atoms. The zero-order valence-corrected chi connectivity index (χ0v) is 13.7. The average Bonchev–Trinajstić information content (AvgIpc) is 2.81. The number of ketones is 1. The van der Waals surface area contributed by atoms with E-state index in [9.17, 15) is 9.59 Å². The molecule has 7 heteroatoms. The maximum Gasteiger partial charge on any atom is 0.299 e. The van der Waals surface area contributed by atoms with Gasteiger partial charge in [0.25, 0.3) is 11.7 Å². The lowest BCUT2D eigenvalue weighted by molar-refractivity contribution is -0.114. The van der Waals surface area contributed by atoms with E-state index in [4.69, 9.17) is 11.6 Å². The van der Waals surface area contributed by atoms with Gasteiger partial charge in [-0.3, -0.25) is 14.3 Å². The highest BCUT2D eigenvalue weighted by Gasteiger charge is 2.36. The van der Waals surface area contributed by atoms with Crippen molar-refractivity contribution in [1.82, 2.24) is 9.78 Å². The van der Waals surface area contributed by atoms with E-state index in [0.29, 0.717) is 16.4 Å². The number of hydrogen-bond donors (Lipinski definition) is 0. The topological polar surface area (TPSA) is 55.2 Å². The van der Waals surface area contributed by atoms with Crippen LogP contribution in [0.4, 0.5) is 5.69 Å². The fraction of sp³-hybridized carbons (Fsp3) is 0.214. The molecule has 0 aliphatic carbocycles. The minimum absolute atomic E-state index is 0.234. The van der Waals surface area contributed by atoms with E-state index in [2.05, 4.69) is 21.0 Å². The first-order valence-corrected chi connectivity index (χ1v) is 7.41. The lowest BCUT2D eigenvalue weighted by atomic mass is 10.1. The quantitative estimate of drug-likeness (QED) is 0.766. The first-order chi connectivity index (χ1) is 9.90. The standard InChI is InChI=1S/C14H11BrClN3O2/c1-7-10(13(16)18(2)17-7)6-19-11-4-3-8(15)5-9(11)12(20)14(19)21/h3-5H,6H2,1-2H3. The van der Waals surface area contributed by atoms with Crippen LogP contribution >= 0.6 is 27.5 Å². The van der Waals surface area contributed by atoms with Crippen LogP contribution in [0.2, 0.25) is 5.15 Å². The smallest absolute Gasteiger partial charge is 0.299 e. The number of Topliss-reactive ketones (excluding diaryl/α,β-unsaturated/α-hetero) is 1. The molecule has 1 aliphatic heterocycles. The van der Waals surface area contributed by atoms with Crippen LogP contribution in [0.1, 0.15) is 21.6 Å². The van der Waals surface area contributed by atoms with Gasteiger partial charge in [-0.1, -0.05) is 27.5 Å². The average molecular weight is 369 g/mol. The number of rotatable bonds is 2. The van der Waals surface area contributed by atoms with Crippen LogP contribution in [0, 0.1) is 6.92 Å². The van der Waals surface area contributed by atoms with Crippen molar-refractivity contribution in [3.05, 3.63) is 44.6 Å². The van der Waals surface area contributed by atoms with Gasteiger partial charge >= 0.3 is 0 Å². The Balaban J connectivity index is 2.04. The van der Waals surface area contributed by atoms with Crippen LogP contribution in [0.15, 0.2) is 22.7 Å². The second kappa shape index (κ2) is 4.96. The molecule has 3 rings (SSSR count). The maximum atomic E-state index is 12.2. The van der Waals surface area contributed by atoms with Gasteiger partial charge in [0.15, 0.2) is 0 Å². The number of anilines is 1.